The van der Waals surface area contributed by atoms with E-state index in [1.807, 2.05) is 28.8 Å². The fourth-order valence-electron chi connectivity index (χ4n) is 1.71. The maximum Gasteiger partial charge on any atom is 0.0991 e. The zero-order chi connectivity index (χ0) is 12.1. The van der Waals surface area contributed by atoms with Gasteiger partial charge in [0.2, 0.25) is 0 Å². The Kier molecular flexibility index (Phi) is 3.53. The number of hydrogen-bond donors (Lipinski definition) is 1. The molecule has 86 valence electrons. The molecule has 1 aromatic carbocycles. The lowest BCUT2D eigenvalue weighted by Gasteiger charge is -2.06. The van der Waals surface area contributed by atoms with Crippen LogP contribution in [0, 0.1) is 11.3 Å². The SMILES string of the molecule is N#Cc1ccc(Cc2cncn2CCO)cc1. The van der Waals surface area contributed by atoms with Gasteiger partial charge < -0.3 is 9.67 Å². The smallest absolute Gasteiger partial charge is 0.0991 e. The number of rotatable bonds is 4. The number of benzene rings is 1. The summed E-state index contributed by atoms with van der Waals surface area (Å²) in [5.41, 5.74) is 2.85. The minimum absolute atomic E-state index is 0.108. The first kappa shape index (κ1) is 11.4. The Hall–Kier alpha value is -2.12. The van der Waals surface area contributed by atoms with Crippen molar-refractivity contribution in [3.8, 4) is 6.07 Å². The van der Waals surface area contributed by atoms with Crippen LogP contribution in [-0.4, -0.2) is 21.3 Å². The summed E-state index contributed by atoms with van der Waals surface area (Å²) < 4.78 is 1.93. The standard InChI is InChI=1S/C13H13N3O/c14-8-12-3-1-11(2-4-12)7-13-9-15-10-16(13)5-6-17/h1-4,9-10,17H,5-7H2. The molecule has 0 bridgehead atoms. The van der Waals surface area contributed by atoms with E-state index in [0.29, 0.717) is 12.1 Å². The molecular formula is C13H13N3O. The summed E-state index contributed by atoms with van der Waals surface area (Å²) in [5.74, 6) is 0. The third kappa shape index (κ3) is 2.71. The van der Waals surface area contributed by atoms with E-state index >= 15 is 0 Å². The normalized spacial score (nSPS) is 10.1. The van der Waals surface area contributed by atoms with Gasteiger partial charge in [0.05, 0.1) is 24.6 Å². The van der Waals surface area contributed by atoms with E-state index < -0.39 is 0 Å². The maximum absolute atomic E-state index is 8.91. The first-order valence-electron chi connectivity index (χ1n) is 5.42. The van der Waals surface area contributed by atoms with Gasteiger partial charge in [-0.05, 0) is 17.7 Å². The van der Waals surface area contributed by atoms with Crippen molar-refractivity contribution < 1.29 is 5.11 Å². The fraction of sp³-hybridized carbons (Fsp3) is 0.231. The lowest BCUT2D eigenvalue weighted by molar-refractivity contribution is 0.274. The molecule has 4 nitrogen and oxygen atoms in total. The van der Waals surface area contributed by atoms with E-state index in [0.717, 1.165) is 17.7 Å². The molecule has 0 atom stereocenters. The molecule has 0 fully saturated rings. The van der Waals surface area contributed by atoms with Gasteiger partial charge in [-0.2, -0.15) is 5.26 Å². The molecule has 2 aromatic rings. The van der Waals surface area contributed by atoms with E-state index in [1.54, 1.807) is 12.5 Å². The molecule has 0 amide bonds. The lowest BCUT2D eigenvalue weighted by atomic mass is 10.1. The molecule has 0 aliphatic carbocycles. The average Bonchev–Trinajstić information content (AvgIpc) is 2.78. The second-order valence-electron chi connectivity index (χ2n) is 3.79. The number of imidazole rings is 1. The first-order chi connectivity index (χ1) is 8.33. The van der Waals surface area contributed by atoms with Crippen molar-refractivity contribution in [1.82, 2.24) is 9.55 Å². The summed E-state index contributed by atoms with van der Waals surface area (Å²) in [6.07, 6.45) is 4.27. The number of nitriles is 1. The quantitative estimate of drug-likeness (QED) is 0.857. The minimum Gasteiger partial charge on any atom is -0.395 e. The summed E-state index contributed by atoms with van der Waals surface area (Å²) in [7, 11) is 0. The zero-order valence-corrected chi connectivity index (χ0v) is 9.37. The van der Waals surface area contributed by atoms with Crippen molar-refractivity contribution in [3.63, 3.8) is 0 Å². The lowest BCUT2D eigenvalue weighted by Crippen LogP contribution is -2.05. The van der Waals surface area contributed by atoms with Crippen LogP contribution in [0.25, 0.3) is 0 Å². The Balaban J connectivity index is 2.14. The van der Waals surface area contributed by atoms with E-state index in [4.69, 9.17) is 10.4 Å². The van der Waals surface area contributed by atoms with Gasteiger partial charge in [-0.15, -0.1) is 0 Å². The number of nitrogens with zero attached hydrogens (tertiary/aromatic N) is 3. The van der Waals surface area contributed by atoms with Crippen molar-refractivity contribution >= 4 is 0 Å². The summed E-state index contributed by atoms with van der Waals surface area (Å²) in [4.78, 5) is 4.07. The van der Waals surface area contributed by atoms with Gasteiger partial charge in [0.1, 0.15) is 0 Å². The van der Waals surface area contributed by atoms with Crippen LogP contribution in [0.2, 0.25) is 0 Å². The van der Waals surface area contributed by atoms with Gasteiger partial charge in [-0.3, -0.25) is 0 Å². The highest BCUT2D eigenvalue weighted by Gasteiger charge is 2.03. The Morgan fingerprint density at radius 3 is 2.71 bits per heavy atom. The van der Waals surface area contributed by atoms with Crippen LogP contribution >= 0.6 is 0 Å². The maximum atomic E-state index is 8.91. The Labute approximate surface area is 99.8 Å². The Morgan fingerprint density at radius 1 is 1.29 bits per heavy atom. The summed E-state index contributed by atoms with van der Waals surface area (Å²) >= 11 is 0. The van der Waals surface area contributed by atoms with Crippen LogP contribution < -0.4 is 0 Å². The second kappa shape index (κ2) is 5.28. The van der Waals surface area contributed by atoms with Crippen molar-refractivity contribution in [2.24, 2.45) is 0 Å². The van der Waals surface area contributed by atoms with Gasteiger partial charge >= 0.3 is 0 Å². The molecule has 4 heteroatoms. The van der Waals surface area contributed by atoms with Crippen LogP contribution in [0.1, 0.15) is 16.8 Å². The molecule has 1 N–H and O–H groups in total. The zero-order valence-electron chi connectivity index (χ0n) is 9.37. The third-order valence-corrected chi connectivity index (χ3v) is 2.61. The number of aliphatic hydroxyl groups is 1. The van der Waals surface area contributed by atoms with Crippen LogP contribution in [0.3, 0.4) is 0 Å². The molecule has 1 aromatic heterocycles. The molecule has 1 heterocycles. The predicted molar refractivity (Wildman–Crippen MR) is 63.3 cm³/mol. The van der Waals surface area contributed by atoms with Crippen LogP contribution in [0.5, 0.6) is 0 Å². The fourth-order valence-corrected chi connectivity index (χ4v) is 1.71. The van der Waals surface area contributed by atoms with Crippen LogP contribution in [0.15, 0.2) is 36.8 Å². The highest BCUT2D eigenvalue weighted by atomic mass is 16.3. The Bertz CT molecular complexity index is 522. The van der Waals surface area contributed by atoms with Crippen molar-refractivity contribution in [1.29, 1.82) is 5.26 Å². The molecule has 0 radical (unpaired) electrons. The first-order valence-corrected chi connectivity index (χ1v) is 5.42. The van der Waals surface area contributed by atoms with E-state index in [9.17, 15) is 0 Å². The van der Waals surface area contributed by atoms with Crippen molar-refractivity contribution in [3.05, 3.63) is 53.6 Å². The van der Waals surface area contributed by atoms with Gasteiger partial charge in [0.15, 0.2) is 0 Å². The molecule has 17 heavy (non-hydrogen) atoms. The van der Waals surface area contributed by atoms with Crippen molar-refractivity contribution in [2.45, 2.75) is 13.0 Å². The molecule has 0 spiro atoms. The van der Waals surface area contributed by atoms with E-state index in [1.165, 1.54) is 0 Å². The van der Waals surface area contributed by atoms with E-state index in [2.05, 4.69) is 11.1 Å². The molecule has 0 saturated heterocycles. The largest absolute Gasteiger partial charge is 0.395 e. The number of aliphatic hydroxyl groups excluding tert-OH is 1. The summed E-state index contributed by atoms with van der Waals surface area (Å²) in [5, 5.41) is 17.6. The average molecular weight is 227 g/mol. The van der Waals surface area contributed by atoms with Gasteiger partial charge in [0.25, 0.3) is 0 Å². The van der Waals surface area contributed by atoms with E-state index in [-0.39, 0.29) is 6.61 Å². The van der Waals surface area contributed by atoms with Crippen LogP contribution in [0.4, 0.5) is 0 Å². The number of aromatic nitrogens is 2. The van der Waals surface area contributed by atoms with Crippen molar-refractivity contribution in [2.75, 3.05) is 6.61 Å². The van der Waals surface area contributed by atoms with Gasteiger partial charge in [0, 0.05) is 24.9 Å². The summed E-state index contributed by atoms with van der Waals surface area (Å²) in [6.45, 7) is 0.669. The molecular weight excluding hydrogens is 214 g/mol. The molecule has 0 saturated carbocycles. The predicted octanol–water partition coefficient (Wildman–Crippen LogP) is 1.34. The van der Waals surface area contributed by atoms with Crippen LogP contribution in [-0.2, 0) is 13.0 Å². The highest BCUT2D eigenvalue weighted by molar-refractivity contribution is 5.33. The van der Waals surface area contributed by atoms with Gasteiger partial charge in [-0.25, -0.2) is 4.98 Å². The topological polar surface area (TPSA) is 61.8 Å². The van der Waals surface area contributed by atoms with Gasteiger partial charge in [-0.1, -0.05) is 12.1 Å². The molecule has 2 rings (SSSR count). The Morgan fingerprint density at radius 2 is 2.06 bits per heavy atom. The highest BCUT2D eigenvalue weighted by Crippen LogP contribution is 2.10. The monoisotopic (exact) mass is 227 g/mol. The number of hydrogen-bond acceptors (Lipinski definition) is 3. The molecule has 0 aliphatic rings. The second-order valence-corrected chi connectivity index (χ2v) is 3.79. The third-order valence-electron chi connectivity index (χ3n) is 2.61. The summed E-state index contributed by atoms with van der Waals surface area (Å²) in [6, 6.07) is 9.59. The molecule has 0 unspecified atom stereocenters. The molecule has 0 aliphatic heterocycles. The minimum atomic E-state index is 0.108.